The van der Waals surface area contributed by atoms with Gasteiger partial charge < -0.3 is 4.90 Å². The Morgan fingerprint density at radius 1 is 1.25 bits per heavy atom. The first-order valence-electron chi connectivity index (χ1n) is 6.10. The van der Waals surface area contributed by atoms with Crippen molar-refractivity contribution in [3.8, 4) is 0 Å². The molecule has 1 fully saturated rings. The van der Waals surface area contributed by atoms with Gasteiger partial charge in [0.05, 0.1) is 0 Å². The molecule has 0 saturated heterocycles. The molecule has 0 N–H and O–H groups in total. The minimum Gasteiger partial charge on any atom is -0.374 e. The monoisotopic (exact) mass is 235 g/mol. The molecule has 1 aromatic carbocycles. The topological polar surface area (TPSA) is 3.24 Å². The van der Waals surface area contributed by atoms with E-state index in [0.29, 0.717) is 5.41 Å². The van der Waals surface area contributed by atoms with Crippen LogP contribution in [0, 0.1) is 5.41 Å². The fourth-order valence-electron chi connectivity index (χ4n) is 2.12. The number of nitrogens with zero attached hydrogens (tertiary/aromatic N) is 1. The number of rotatable bonds is 5. The van der Waals surface area contributed by atoms with Crippen molar-refractivity contribution in [2.24, 2.45) is 5.41 Å². The van der Waals surface area contributed by atoms with Crippen molar-refractivity contribution in [1.82, 2.24) is 0 Å². The molecular weight excluding hydrogens is 214 g/mol. The molecule has 0 atom stereocenters. The highest BCUT2D eigenvalue weighted by Gasteiger charge is 2.42. The minimum atomic E-state index is 0.501. The predicted octanol–water partition coefficient (Wildman–Crippen LogP) is 3.40. The number of hydrogen-bond donors (Lipinski definition) is 1. The van der Waals surface area contributed by atoms with Crippen LogP contribution in [0.15, 0.2) is 24.3 Å². The SMILES string of the molecule is CCc1ccc(N(C)CC2(CS)CC2)cc1. The van der Waals surface area contributed by atoms with Gasteiger partial charge in [-0.15, -0.1) is 0 Å². The molecule has 1 nitrogen and oxygen atoms in total. The Labute approximate surface area is 104 Å². The second-order valence-electron chi connectivity index (χ2n) is 5.03. The number of aryl methyl sites for hydroxylation is 1. The van der Waals surface area contributed by atoms with E-state index in [4.69, 9.17) is 0 Å². The van der Waals surface area contributed by atoms with Gasteiger partial charge in [-0.25, -0.2) is 0 Å². The maximum absolute atomic E-state index is 4.46. The summed E-state index contributed by atoms with van der Waals surface area (Å²) in [6.07, 6.45) is 3.80. The summed E-state index contributed by atoms with van der Waals surface area (Å²) in [7, 11) is 2.18. The van der Waals surface area contributed by atoms with Gasteiger partial charge in [0.25, 0.3) is 0 Å². The lowest BCUT2D eigenvalue weighted by Gasteiger charge is -2.24. The quantitative estimate of drug-likeness (QED) is 0.766. The molecule has 0 bridgehead atoms. The third-order valence-corrected chi connectivity index (χ3v) is 4.32. The second kappa shape index (κ2) is 4.70. The standard InChI is InChI=1S/C14H21NS/c1-3-12-4-6-13(7-5-12)15(2)10-14(11-16)8-9-14/h4-7,16H,3,8-11H2,1-2H3. The van der Waals surface area contributed by atoms with Gasteiger partial charge in [0.1, 0.15) is 0 Å². The molecule has 88 valence electrons. The van der Waals surface area contributed by atoms with Crippen LogP contribution in [0.1, 0.15) is 25.3 Å². The lowest BCUT2D eigenvalue weighted by atomic mass is 10.1. The maximum Gasteiger partial charge on any atom is 0.0363 e. The highest BCUT2D eigenvalue weighted by atomic mass is 32.1. The Hall–Kier alpha value is -0.630. The van der Waals surface area contributed by atoms with E-state index in [2.05, 4.69) is 55.8 Å². The molecule has 0 amide bonds. The van der Waals surface area contributed by atoms with Gasteiger partial charge in [-0.1, -0.05) is 19.1 Å². The third-order valence-electron chi connectivity index (χ3n) is 3.65. The number of anilines is 1. The number of thiol groups is 1. The van der Waals surface area contributed by atoms with Crippen LogP contribution in [0.3, 0.4) is 0 Å². The van der Waals surface area contributed by atoms with Gasteiger partial charge in [0, 0.05) is 19.3 Å². The van der Waals surface area contributed by atoms with E-state index in [1.807, 2.05) is 0 Å². The summed E-state index contributed by atoms with van der Waals surface area (Å²) in [5.41, 5.74) is 3.24. The van der Waals surface area contributed by atoms with Crippen LogP contribution in [0.5, 0.6) is 0 Å². The van der Waals surface area contributed by atoms with Crippen molar-refractivity contribution in [3.63, 3.8) is 0 Å². The van der Waals surface area contributed by atoms with E-state index in [-0.39, 0.29) is 0 Å². The molecule has 0 aromatic heterocycles. The second-order valence-corrected chi connectivity index (χ2v) is 5.35. The largest absolute Gasteiger partial charge is 0.374 e. The van der Waals surface area contributed by atoms with E-state index >= 15 is 0 Å². The molecule has 0 heterocycles. The van der Waals surface area contributed by atoms with Crippen LogP contribution >= 0.6 is 12.6 Å². The van der Waals surface area contributed by atoms with Crippen molar-refractivity contribution in [2.75, 3.05) is 24.2 Å². The summed E-state index contributed by atoms with van der Waals surface area (Å²) >= 11 is 4.46. The smallest absolute Gasteiger partial charge is 0.0363 e. The molecule has 0 spiro atoms. The van der Waals surface area contributed by atoms with Crippen molar-refractivity contribution in [1.29, 1.82) is 0 Å². The van der Waals surface area contributed by atoms with Crippen LogP contribution in [0.4, 0.5) is 5.69 Å². The molecular formula is C14H21NS. The average Bonchev–Trinajstić information content (AvgIpc) is 3.09. The fraction of sp³-hybridized carbons (Fsp3) is 0.571. The summed E-state index contributed by atoms with van der Waals surface area (Å²) in [5, 5.41) is 0. The zero-order valence-electron chi connectivity index (χ0n) is 10.2. The highest BCUT2D eigenvalue weighted by Crippen LogP contribution is 2.47. The predicted molar refractivity (Wildman–Crippen MR) is 74.6 cm³/mol. The van der Waals surface area contributed by atoms with Crippen molar-refractivity contribution >= 4 is 18.3 Å². The molecule has 0 radical (unpaired) electrons. The van der Waals surface area contributed by atoms with E-state index < -0.39 is 0 Å². The first-order valence-corrected chi connectivity index (χ1v) is 6.73. The van der Waals surface area contributed by atoms with E-state index in [1.54, 1.807) is 0 Å². The first-order chi connectivity index (χ1) is 7.69. The van der Waals surface area contributed by atoms with Gasteiger partial charge in [-0.05, 0) is 48.1 Å². The van der Waals surface area contributed by atoms with Gasteiger partial charge >= 0.3 is 0 Å². The van der Waals surface area contributed by atoms with Gasteiger partial charge in [-0.2, -0.15) is 12.6 Å². The van der Waals surface area contributed by atoms with Gasteiger partial charge in [0.2, 0.25) is 0 Å². The van der Waals surface area contributed by atoms with E-state index in [0.717, 1.165) is 18.7 Å². The van der Waals surface area contributed by atoms with Crippen LogP contribution in [-0.2, 0) is 6.42 Å². The minimum absolute atomic E-state index is 0.501. The lowest BCUT2D eigenvalue weighted by Crippen LogP contribution is -2.27. The summed E-state index contributed by atoms with van der Waals surface area (Å²) in [6.45, 7) is 3.33. The van der Waals surface area contributed by atoms with Gasteiger partial charge in [-0.3, -0.25) is 0 Å². The molecule has 2 heteroatoms. The van der Waals surface area contributed by atoms with Crippen molar-refractivity contribution in [2.45, 2.75) is 26.2 Å². The molecule has 0 aliphatic heterocycles. The summed E-state index contributed by atoms with van der Waals surface area (Å²) in [5.74, 6) is 1.02. The van der Waals surface area contributed by atoms with E-state index in [1.165, 1.54) is 24.1 Å². The Kier molecular flexibility index (Phi) is 3.48. The molecule has 2 rings (SSSR count). The van der Waals surface area contributed by atoms with Gasteiger partial charge in [0.15, 0.2) is 0 Å². The van der Waals surface area contributed by atoms with Crippen molar-refractivity contribution < 1.29 is 0 Å². The Balaban J connectivity index is 2.00. The number of hydrogen-bond acceptors (Lipinski definition) is 2. The Bertz CT molecular complexity index is 340. The van der Waals surface area contributed by atoms with Crippen LogP contribution in [0.2, 0.25) is 0 Å². The van der Waals surface area contributed by atoms with Crippen LogP contribution < -0.4 is 4.90 Å². The average molecular weight is 235 g/mol. The zero-order chi connectivity index (χ0) is 11.6. The zero-order valence-corrected chi connectivity index (χ0v) is 11.1. The first kappa shape index (κ1) is 11.8. The van der Waals surface area contributed by atoms with Crippen LogP contribution in [-0.4, -0.2) is 19.3 Å². The summed E-state index contributed by atoms with van der Waals surface area (Å²) in [6, 6.07) is 8.92. The molecule has 1 aromatic rings. The maximum atomic E-state index is 4.46. The summed E-state index contributed by atoms with van der Waals surface area (Å²) in [4.78, 5) is 2.36. The van der Waals surface area contributed by atoms with Crippen molar-refractivity contribution in [3.05, 3.63) is 29.8 Å². The normalized spacial score (nSPS) is 17.2. The molecule has 0 unspecified atom stereocenters. The molecule has 1 aliphatic rings. The Morgan fingerprint density at radius 2 is 1.88 bits per heavy atom. The number of benzene rings is 1. The van der Waals surface area contributed by atoms with E-state index in [9.17, 15) is 0 Å². The van der Waals surface area contributed by atoms with Crippen LogP contribution in [0.25, 0.3) is 0 Å². The highest BCUT2D eigenvalue weighted by molar-refractivity contribution is 7.80. The Morgan fingerprint density at radius 3 is 2.31 bits per heavy atom. The summed E-state index contributed by atoms with van der Waals surface area (Å²) < 4.78 is 0. The fourth-order valence-corrected chi connectivity index (χ4v) is 2.54. The molecule has 1 saturated carbocycles. The lowest BCUT2D eigenvalue weighted by molar-refractivity contribution is 0.581. The molecule has 1 aliphatic carbocycles. The molecule has 16 heavy (non-hydrogen) atoms. The third kappa shape index (κ3) is 2.54.